The largest absolute Gasteiger partial charge is 0.399 e. The van der Waals surface area contributed by atoms with E-state index in [1.807, 2.05) is 55.5 Å². The molecule has 1 heterocycles. The van der Waals surface area contributed by atoms with Crippen LogP contribution in [0.15, 0.2) is 48.5 Å². The fraction of sp³-hybridized carbons (Fsp3) is 0.0625. The smallest absolute Gasteiger partial charge is 0.265 e. The first-order valence-corrected chi connectivity index (χ1v) is 7.11. The summed E-state index contributed by atoms with van der Waals surface area (Å²) in [5, 5.41) is 3.95. The molecule has 0 unspecified atom stereocenters. The van der Waals surface area contributed by atoms with E-state index in [-0.39, 0.29) is 5.91 Å². The third-order valence-electron chi connectivity index (χ3n) is 3.16. The minimum absolute atomic E-state index is 0.0842. The average molecular weight is 282 g/mol. The van der Waals surface area contributed by atoms with Crippen LogP contribution in [0.4, 0.5) is 11.4 Å². The van der Waals surface area contributed by atoms with Crippen molar-refractivity contribution >= 4 is 38.7 Å². The van der Waals surface area contributed by atoms with Gasteiger partial charge in [0.05, 0.1) is 4.88 Å². The number of para-hydroxylation sites is 1. The summed E-state index contributed by atoms with van der Waals surface area (Å²) in [6, 6.07) is 15.3. The van der Waals surface area contributed by atoms with Crippen molar-refractivity contribution in [2.45, 2.75) is 6.92 Å². The van der Waals surface area contributed by atoms with Crippen LogP contribution in [0.1, 0.15) is 15.2 Å². The van der Waals surface area contributed by atoms with Gasteiger partial charge in [-0.15, -0.1) is 11.3 Å². The van der Waals surface area contributed by atoms with Gasteiger partial charge in [0, 0.05) is 16.1 Å². The van der Waals surface area contributed by atoms with Crippen LogP contribution >= 0.6 is 11.3 Å². The maximum Gasteiger partial charge on any atom is 0.265 e. The lowest BCUT2D eigenvalue weighted by atomic mass is 10.2. The number of nitrogens with one attached hydrogen (secondary N) is 1. The van der Waals surface area contributed by atoms with Crippen LogP contribution in [0.25, 0.3) is 10.1 Å². The van der Waals surface area contributed by atoms with Crippen molar-refractivity contribution in [3.63, 3.8) is 0 Å². The first kappa shape index (κ1) is 12.7. The Labute approximate surface area is 121 Å². The molecule has 0 aliphatic carbocycles. The highest BCUT2D eigenvalue weighted by molar-refractivity contribution is 7.20. The average Bonchev–Trinajstić information content (AvgIpc) is 2.84. The lowest BCUT2D eigenvalue weighted by Crippen LogP contribution is -2.10. The summed E-state index contributed by atoms with van der Waals surface area (Å²) in [6.45, 7) is 1.97. The van der Waals surface area contributed by atoms with Gasteiger partial charge in [0.15, 0.2) is 0 Å². The second-order valence-electron chi connectivity index (χ2n) is 4.68. The highest BCUT2D eigenvalue weighted by Gasteiger charge is 2.11. The Morgan fingerprint density at radius 1 is 1.15 bits per heavy atom. The van der Waals surface area contributed by atoms with Crippen LogP contribution in [-0.4, -0.2) is 5.91 Å². The van der Waals surface area contributed by atoms with E-state index in [0.29, 0.717) is 10.6 Å². The molecule has 0 saturated carbocycles. The molecule has 0 fully saturated rings. The van der Waals surface area contributed by atoms with Crippen molar-refractivity contribution in [1.29, 1.82) is 0 Å². The van der Waals surface area contributed by atoms with Gasteiger partial charge >= 0.3 is 0 Å². The van der Waals surface area contributed by atoms with Crippen molar-refractivity contribution in [2.24, 2.45) is 0 Å². The summed E-state index contributed by atoms with van der Waals surface area (Å²) >= 11 is 1.47. The highest BCUT2D eigenvalue weighted by atomic mass is 32.1. The topological polar surface area (TPSA) is 55.1 Å². The van der Waals surface area contributed by atoms with E-state index in [4.69, 9.17) is 5.73 Å². The molecule has 0 radical (unpaired) electrons. The van der Waals surface area contributed by atoms with Crippen LogP contribution in [-0.2, 0) is 0 Å². The van der Waals surface area contributed by atoms with Gasteiger partial charge in [0.1, 0.15) is 0 Å². The number of hydrogen-bond acceptors (Lipinski definition) is 3. The Balaban J connectivity index is 1.91. The number of thiophene rings is 1. The van der Waals surface area contributed by atoms with Crippen molar-refractivity contribution in [1.82, 2.24) is 0 Å². The number of aryl methyl sites for hydroxylation is 1. The number of benzene rings is 2. The SMILES string of the molecule is Cc1ccccc1NC(=O)c1cc2cc(N)ccc2s1. The molecule has 2 aromatic carbocycles. The van der Waals surface area contributed by atoms with Crippen molar-refractivity contribution in [3.05, 3.63) is 59.0 Å². The first-order chi connectivity index (χ1) is 9.63. The van der Waals surface area contributed by atoms with E-state index in [2.05, 4.69) is 5.32 Å². The molecule has 20 heavy (non-hydrogen) atoms. The zero-order valence-electron chi connectivity index (χ0n) is 11.0. The Bertz CT molecular complexity index is 792. The summed E-state index contributed by atoms with van der Waals surface area (Å²) in [5.41, 5.74) is 8.36. The number of nitrogens with two attached hydrogens (primary N) is 1. The van der Waals surface area contributed by atoms with E-state index in [1.165, 1.54) is 11.3 Å². The van der Waals surface area contributed by atoms with Crippen LogP contribution < -0.4 is 11.1 Å². The molecule has 4 heteroatoms. The van der Waals surface area contributed by atoms with Gasteiger partial charge in [0.25, 0.3) is 5.91 Å². The number of carbonyl (C=O) groups excluding carboxylic acids is 1. The van der Waals surface area contributed by atoms with Crippen LogP contribution in [0.5, 0.6) is 0 Å². The van der Waals surface area contributed by atoms with Gasteiger partial charge in [-0.3, -0.25) is 4.79 Å². The second kappa shape index (κ2) is 4.98. The molecule has 3 rings (SSSR count). The highest BCUT2D eigenvalue weighted by Crippen LogP contribution is 2.28. The lowest BCUT2D eigenvalue weighted by Gasteiger charge is -2.06. The number of amides is 1. The van der Waals surface area contributed by atoms with Gasteiger partial charge in [-0.1, -0.05) is 18.2 Å². The molecule has 0 atom stereocenters. The van der Waals surface area contributed by atoms with Gasteiger partial charge in [0.2, 0.25) is 0 Å². The Morgan fingerprint density at radius 2 is 1.95 bits per heavy atom. The molecule has 0 spiro atoms. The van der Waals surface area contributed by atoms with Crippen LogP contribution in [0.2, 0.25) is 0 Å². The summed E-state index contributed by atoms with van der Waals surface area (Å²) in [6.07, 6.45) is 0. The Hall–Kier alpha value is -2.33. The predicted molar refractivity (Wildman–Crippen MR) is 85.4 cm³/mol. The van der Waals surface area contributed by atoms with Crippen LogP contribution in [0.3, 0.4) is 0 Å². The molecular weight excluding hydrogens is 268 g/mol. The second-order valence-corrected chi connectivity index (χ2v) is 5.76. The predicted octanol–water partition coefficient (Wildman–Crippen LogP) is 4.04. The first-order valence-electron chi connectivity index (χ1n) is 6.29. The van der Waals surface area contributed by atoms with E-state index in [1.54, 1.807) is 0 Å². The molecular formula is C16H14N2OS. The van der Waals surface area contributed by atoms with Gasteiger partial charge < -0.3 is 11.1 Å². The quantitative estimate of drug-likeness (QED) is 0.697. The Kier molecular flexibility index (Phi) is 3.16. The van der Waals surface area contributed by atoms with Gasteiger partial charge in [-0.05, 0) is 48.2 Å². The number of carbonyl (C=O) groups is 1. The lowest BCUT2D eigenvalue weighted by molar-refractivity contribution is 0.103. The number of fused-ring (bicyclic) bond motifs is 1. The fourth-order valence-corrected chi connectivity index (χ4v) is 3.01. The standard InChI is InChI=1S/C16H14N2OS/c1-10-4-2-3-5-13(10)18-16(19)15-9-11-8-12(17)6-7-14(11)20-15/h2-9H,17H2,1H3,(H,18,19). The molecule has 1 aromatic heterocycles. The number of hydrogen-bond donors (Lipinski definition) is 2. The van der Waals surface area contributed by atoms with Crippen molar-refractivity contribution < 1.29 is 4.79 Å². The number of rotatable bonds is 2. The van der Waals surface area contributed by atoms with Gasteiger partial charge in [-0.25, -0.2) is 0 Å². The minimum atomic E-state index is -0.0842. The summed E-state index contributed by atoms with van der Waals surface area (Å²) in [7, 11) is 0. The molecule has 0 bridgehead atoms. The van der Waals surface area contributed by atoms with Gasteiger partial charge in [-0.2, -0.15) is 0 Å². The van der Waals surface area contributed by atoms with E-state index < -0.39 is 0 Å². The molecule has 0 aliphatic heterocycles. The third-order valence-corrected chi connectivity index (χ3v) is 4.27. The molecule has 0 saturated heterocycles. The van der Waals surface area contributed by atoms with E-state index >= 15 is 0 Å². The number of nitrogen functional groups attached to an aromatic ring is 1. The van der Waals surface area contributed by atoms with Crippen molar-refractivity contribution in [2.75, 3.05) is 11.1 Å². The van der Waals surface area contributed by atoms with E-state index in [9.17, 15) is 4.79 Å². The Morgan fingerprint density at radius 3 is 2.75 bits per heavy atom. The minimum Gasteiger partial charge on any atom is -0.399 e. The summed E-state index contributed by atoms with van der Waals surface area (Å²) < 4.78 is 1.06. The summed E-state index contributed by atoms with van der Waals surface area (Å²) in [4.78, 5) is 13.0. The molecule has 1 amide bonds. The molecule has 0 aliphatic rings. The maximum absolute atomic E-state index is 12.3. The molecule has 3 aromatic rings. The van der Waals surface area contributed by atoms with Crippen molar-refractivity contribution in [3.8, 4) is 0 Å². The molecule has 3 nitrogen and oxygen atoms in total. The number of anilines is 2. The van der Waals surface area contributed by atoms with E-state index in [0.717, 1.165) is 21.3 Å². The zero-order chi connectivity index (χ0) is 14.1. The normalized spacial score (nSPS) is 10.7. The molecule has 100 valence electrons. The van der Waals surface area contributed by atoms with Crippen LogP contribution in [0, 0.1) is 6.92 Å². The molecule has 3 N–H and O–H groups in total. The summed E-state index contributed by atoms with van der Waals surface area (Å²) in [5.74, 6) is -0.0842. The monoisotopic (exact) mass is 282 g/mol. The third kappa shape index (κ3) is 2.38. The zero-order valence-corrected chi connectivity index (χ0v) is 11.8. The fourth-order valence-electron chi connectivity index (χ4n) is 2.07. The maximum atomic E-state index is 12.3.